The van der Waals surface area contributed by atoms with Crippen LogP contribution in [0.3, 0.4) is 0 Å². The summed E-state index contributed by atoms with van der Waals surface area (Å²) in [7, 11) is 1.53. The third-order valence-electron chi connectivity index (χ3n) is 9.04. The zero-order valence-corrected chi connectivity index (χ0v) is 29.9. The largest absolute Gasteiger partial charge is 0.481 e. The molecule has 0 radical (unpaired) electrons. The molecule has 1 N–H and O–H groups in total. The smallest absolute Gasteiger partial charge is 0.259 e. The molecule has 0 bridgehead atoms. The molecule has 1 aliphatic carbocycles. The van der Waals surface area contributed by atoms with Gasteiger partial charge in [-0.2, -0.15) is 4.98 Å². The lowest BCUT2D eigenvalue weighted by Crippen LogP contribution is -2.37. The molecule has 0 atom stereocenters. The van der Waals surface area contributed by atoms with E-state index >= 15 is 0 Å². The van der Waals surface area contributed by atoms with E-state index in [1.165, 1.54) is 15.5 Å². The summed E-state index contributed by atoms with van der Waals surface area (Å²) < 4.78 is 47.0. The third kappa shape index (κ3) is 8.33. The highest BCUT2D eigenvalue weighted by Gasteiger charge is 2.27. The molecule has 1 saturated carbocycles. The highest BCUT2D eigenvalue weighted by molar-refractivity contribution is 7.92. The SMILES string of the molecule is Cc1ncc(CN(c2cnc3cc(N4CCOCC4)nc(O[C@H]4CC[C@@H](Nc5ncc(OCC(=O)N(C)C)cn5)CC4)c3c2)S(C)(=O)=O)n1C. The van der Waals surface area contributed by atoms with Crippen molar-refractivity contribution in [2.45, 2.75) is 51.3 Å². The quantitative estimate of drug-likeness (QED) is 0.228. The first-order valence-electron chi connectivity index (χ1n) is 16.6. The summed E-state index contributed by atoms with van der Waals surface area (Å²) in [6, 6.07) is 3.87. The number of hydrogen-bond donors (Lipinski definition) is 1. The number of morpholine rings is 1. The lowest BCUT2D eigenvalue weighted by Gasteiger charge is -2.31. The summed E-state index contributed by atoms with van der Waals surface area (Å²) in [6.45, 7) is 4.49. The Labute approximate surface area is 291 Å². The second kappa shape index (κ2) is 15.0. The van der Waals surface area contributed by atoms with E-state index in [0.29, 0.717) is 60.5 Å². The monoisotopic (exact) mass is 708 g/mol. The van der Waals surface area contributed by atoms with E-state index in [1.807, 2.05) is 24.6 Å². The Hall–Kier alpha value is -4.77. The number of aromatic nitrogens is 6. The Bertz CT molecular complexity index is 1910. The van der Waals surface area contributed by atoms with E-state index in [9.17, 15) is 13.2 Å². The van der Waals surface area contributed by atoms with Crippen molar-refractivity contribution in [3.8, 4) is 11.6 Å². The van der Waals surface area contributed by atoms with Crippen LogP contribution in [0, 0.1) is 6.92 Å². The van der Waals surface area contributed by atoms with Gasteiger partial charge in [-0.3, -0.25) is 14.1 Å². The van der Waals surface area contributed by atoms with Crippen LogP contribution < -0.4 is 24.0 Å². The molecule has 4 aromatic rings. The van der Waals surface area contributed by atoms with E-state index in [0.717, 1.165) is 43.0 Å². The van der Waals surface area contributed by atoms with Gasteiger partial charge in [-0.25, -0.2) is 23.4 Å². The van der Waals surface area contributed by atoms with Gasteiger partial charge in [-0.05, 0) is 38.7 Å². The standard InChI is InChI=1S/C33H44N10O6S/c1-22-34-17-25(41(22)4)20-43(50(5,45)46)24-14-28-29(35-16-24)15-30(42-10-12-47-13-11-42)39-32(28)49-26-8-6-23(7-9-26)38-33-36-18-27(19-37-33)48-21-31(44)40(2)3/h14-19,23,26H,6-13,20-21H2,1-5H3,(H,36,37,38)/t23-,26+. The molecule has 1 saturated heterocycles. The van der Waals surface area contributed by atoms with Crippen LogP contribution in [0.1, 0.15) is 37.2 Å². The number of carbonyl (C=O) groups excluding carboxylic acids is 1. The summed E-state index contributed by atoms with van der Waals surface area (Å²) >= 11 is 0. The molecule has 0 aromatic carbocycles. The minimum Gasteiger partial charge on any atom is -0.481 e. The molecule has 0 unspecified atom stereocenters. The summed E-state index contributed by atoms with van der Waals surface area (Å²) in [5.74, 6) is 2.72. The minimum atomic E-state index is -3.67. The maximum Gasteiger partial charge on any atom is 0.259 e. The molecular weight excluding hydrogens is 664 g/mol. The van der Waals surface area contributed by atoms with Crippen LogP contribution in [0.5, 0.6) is 11.6 Å². The van der Waals surface area contributed by atoms with Crippen LogP contribution >= 0.6 is 0 Å². The number of hydrogen-bond acceptors (Lipinski definition) is 13. The number of ether oxygens (including phenoxy) is 3. The topological polar surface area (TPSA) is 170 Å². The molecule has 17 heteroatoms. The van der Waals surface area contributed by atoms with Gasteiger partial charge < -0.3 is 33.9 Å². The highest BCUT2D eigenvalue weighted by Crippen LogP contribution is 2.34. The zero-order valence-electron chi connectivity index (χ0n) is 29.1. The number of pyridine rings is 2. The second-order valence-electron chi connectivity index (χ2n) is 12.8. The molecule has 2 aliphatic rings. The van der Waals surface area contributed by atoms with Crippen LogP contribution in [0.15, 0.2) is 36.9 Å². The average molecular weight is 709 g/mol. The zero-order chi connectivity index (χ0) is 35.4. The summed E-state index contributed by atoms with van der Waals surface area (Å²) in [4.78, 5) is 38.1. The maximum atomic E-state index is 13.1. The maximum absolute atomic E-state index is 13.1. The molecule has 50 heavy (non-hydrogen) atoms. The number of likely N-dealkylation sites (N-methyl/N-ethyl adjacent to an activating group) is 1. The van der Waals surface area contributed by atoms with E-state index in [1.54, 1.807) is 44.9 Å². The van der Waals surface area contributed by atoms with Gasteiger partial charge in [-0.1, -0.05) is 0 Å². The molecule has 1 aliphatic heterocycles. The molecule has 2 fully saturated rings. The van der Waals surface area contributed by atoms with E-state index in [-0.39, 0.29) is 31.2 Å². The van der Waals surface area contributed by atoms with Gasteiger partial charge in [0.05, 0.1) is 73.1 Å². The van der Waals surface area contributed by atoms with Crippen molar-refractivity contribution in [3.05, 3.63) is 48.4 Å². The van der Waals surface area contributed by atoms with Gasteiger partial charge in [-0.15, -0.1) is 0 Å². The Morgan fingerprint density at radius 2 is 1.74 bits per heavy atom. The Kier molecular flexibility index (Phi) is 10.5. The number of rotatable bonds is 12. The van der Waals surface area contributed by atoms with E-state index in [4.69, 9.17) is 24.2 Å². The van der Waals surface area contributed by atoms with Crippen molar-refractivity contribution in [1.29, 1.82) is 0 Å². The van der Waals surface area contributed by atoms with Gasteiger partial charge in [0.15, 0.2) is 12.4 Å². The van der Waals surface area contributed by atoms with Gasteiger partial charge in [0.25, 0.3) is 5.91 Å². The first-order valence-corrected chi connectivity index (χ1v) is 18.5. The Morgan fingerprint density at radius 3 is 2.38 bits per heavy atom. The number of aryl methyl sites for hydroxylation is 1. The normalized spacial score (nSPS) is 18.1. The minimum absolute atomic E-state index is 0.0784. The molecule has 268 valence electrons. The predicted octanol–water partition coefficient (Wildman–Crippen LogP) is 2.53. The molecule has 1 amide bonds. The molecule has 4 aromatic heterocycles. The number of sulfonamides is 1. The molecule has 16 nitrogen and oxygen atoms in total. The predicted molar refractivity (Wildman–Crippen MR) is 188 cm³/mol. The number of nitrogens with one attached hydrogen (secondary N) is 1. The number of fused-ring (bicyclic) bond motifs is 1. The van der Waals surface area contributed by atoms with Crippen molar-refractivity contribution < 1.29 is 27.4 Å². The fraction of sp³-hybridized carbons (Fsp3) is 0.515. The Balaban J connectivity index is 1.19. The van der Waals surface area contributed by atoms with Crippen molar-refractivity contribution >= 4 is 44.3 Å². The van der Waals surface area contributed by atoms with Crippen molar-refractivity contribution in [2.24, 2.45) is 7.05 Å². The van der Waals surface area contributed by atoms with Gasteiger partial charge >= 0.3 is 0 Å². The number of imidazole rings is 1. The van der Waals surface area contributed by atoms with Gasteiger partial charge in [0.1, 0.15) is 17.7 Å². The summed E-state index contributed by atoms with van der Waals surface area (Å²) in [5.41, 5.74) is 1.83. The molecular formula is C33H44N10O6S. The number of carbonyl (C=O) groups is 1. The van der Waals surface area contributed by atoms with Crippen molar-refractivity contribution in [1.82, 2.24) is 34.4 Å². The van der Waals surface area contributed by atoms with Crippen LogP contribution in [-0.2, 0) is 33.1 Å². The van der Waals surface area contributed by atoms with Gasteiger partial charge in [0, 0.05) is 46.3 Å². The fourth-order valence-corrected chi connectivity index (χ4v) is 6.75. The first-order chi connectivity index (χ1) is 23.9. The second-order valence-corrected chi connectivity index (χ2v) is 14.7. The fourth-order valence-electron chi connectivity index (χ4n) is 5.90. The van der Waals surface area contributed by atoms with Crippen molar-refractivity contribution in [2.75, 3.05) is 67.8 Å². The molecule has 0 spiro atoms. The summed E-state index contributed by atoms with van der Waals surface area (Å²) in [5, 5.41) is 4.03. The summed E-state index contributed by atoms with van der Waals surface area (Å²) in [6.07, 6.45) is 10.6. The highest BCUT2D eigenvalue weighted by atomic mass is 32.2. The number of amides is 1. The van der Waals surface area contributed by atoms with E-state index in [2.05, 4.69) is 25.2 Å². The number of nitrogens with zero attached hydrogens (tertiary/aromatic N) is 9. The van der Waals surface area contributed by atoms with Crippen molar-refractivity contribution in [3.63, 3.8) is 0 Å². The van der Waals surface area contributed by atoms with Gasteiger partial charge in [0.2, 0.25) is 21.9 Å². The lowest BCUT2D eigenvalue weighted by molar-refractivity contribution is -0.130. The van der Waals surface area contributed by atoms with Crippen LogP contribution in [-0.4, -0.2) is 114 Å². The lowest BCUT2D eigenvalue weighted by atomic mass is 9.93. The van der Waals surface area contributed by atoms with Crippen LogP contribution in [0.4, 0.5) is 17.5 Å². The Morgan fingerprint density at radius 1 is 1.02 bits per heavy atom. The first kappa shape index (κ1) is 35.1. The van der Waals surface area contributed by atoms with Crippen LogP contribution in [0.2, 0.25) is 0 Å². The molecule has 5 heterocycles. The van der Waals surface area contributed by atoms with Crippen LogP contribution in [0.25, 0.3) is 10.9 Å². The van der Waals surface area contributed by atoms with E-state index < -0.39 is 10.0 Å². The third-order valence-corrected chi connectivity index (χ3v) is 10.2. The average Bonchev–Trinajstić information content (AvgIpc) is 3.43. The molecule has 6 rings (SSSR count). The number of anilines is 3.